The van der Waals surface area contributed by atoms with Crippen molar-refractivity contribution in [3.8, 4) is 17.6 Å². The summed E-state index contributed by atoms with van der Waals surface area (Å²) in [5, 5.41) is 12.2. The molecule has 1 aliphatic rings. The number of carbonyl (C=O) groups excluding carboxylic acids is 2. The van der Waals surface area contributed by atoms with Crippen LogP contribution < -0.4 is 20.3 Å². The van der Waals surface area contributed by atoms with Crippen molar-refractivity contribution < 1.29 is 14.3 Å². The number of hydrogen-bond acceptors (Lipinski definition) is 6. The molecule has 9 nitrogen and oxygen atoms in total. The molecule has 146 valence electrons. The van der Waals surface area contributed by atoms with Crippen LogP contribution in [0, 0.1) is 11.8 Å². The fourth-order valence-corrected chi connectivity index (χ4v) is 2.69. The van der Waals surface area contributed by atoms with Gasteiger partial charge in [0.1, 0.15) is 24.2 Å². The van der Waals surface area contributed by atoms with Crippen molar-refractivity contribution in [2.45, 2.75) is 19.4 Å². The summed E-state index contributed by atoms with van der Waals surface area (Å²) in [6.07, 6.45) is 0.628. The molecule has 0 aliphatic carbocycles. The highest BCUT2D eigenvalue weighted by molar-refractivity contribution is 6.02. The van der Waals surface area contributed by atoms with E-state index in [0.717, 1.165) is 5.56 Å². The van der Waals surface area contributed by atoms with Crippen LogP contribution in [0.4, 0.5) is 5.69 Å². The van der Waals surface area contributed by atoms with Gasteiger partial charge in [-0.3, -0.25) is 14.7 Å². The Kier molecular flexibility index (Phi) is 5.91. The summed E-state index contributed by atoms with van der Waals surface area (Å²) in [4.78, 5) is 30.8. The Morgan fingerprint density at radius 1 is 1.46 bits per heavy atom. The second-order valence-electron chi connectivity index (χ2n) is 6.21. The molecule has 1 aromatic carbocycles. The molecule has 0 unspecified atom stereocenters. The molecule has 2 aromatic rings. The number of amides is 2. The molecule has 0 saturated carbocycles. The lowest BCUT2D eigenvalue weighted by atomic mass is 10.1. The lowest BCUT2D eigenvalue weighted by molar-refractivity contribution is -0.120. The predicted molar refractivity (Wildman–Crippen MR) is 103 cm³/mol. The van der Waals surface area contributed by atoms with E-state index in [-0.39, 0.29) is 18.3 Å². The summed E-state index contributed by atoms with van der Waals surface area (Å²) in [6.45, 7) is 2.48. The molecule has 0 radical (unpaired) electrons. The normalized spacial score (nSPS) is 15.8. The zero-order chi connectivity index (χ0) is 20.1. The van der Waals surface area contributed by atoms with Gasteiger partial charge in [-0.1, -0.05) is 18.8 Å². The fourth-order valence-electron chi connectivity index (χ4n) is 2.69. The quantitative estimate of drug-likeness (QED) is 0.646. The molecular formula is C19H22N6O3. The number of aromatic nitrogens is 3. The van der Waals surface area contributed by atoms with E-state index in [1.54, 1.807) is 19.2 Å². The first-order chi connectivity index (χ1) is 13.5. The molecule has 0 saturated heterocycles. The molecule has 1 atom stereocenters. The standard InChI is InChI=1S/C19H22N6O3/c1-4-16-22-17(24-23-16)18(26)21-13-11-28-15-8-7-12(6-5-9-20-2)10-14(15)25(3)19(13)27/h7-8,10,13,20H,4,9,11H2,1-3H3,(H,21,26)(H,22,23,24)/t13-/m0/s1. The van der Waals surface area contributed by atoms with Gasteiger partial charge in [-0.25, -0.2) is 4.98 Å². The number of benzene rings is 1. The number of aromatic amines is 1. The van der Waals surface area contributed by atoms with Crippen molar-refractivity contribution in [3.05, 3.63) is 35.4 Å². The van der Waals surface area contributed by atoms with Crippen molar-refractivity contribution >= 4 is 17.5 Å². The Hall–Kier alpha value is -3.38. The summed E-state index contributed by atoms with van der Waals surface area (Å²) in [5.74, 6) is 6.34. The third-order valence-electron chi connectivity index (χ3n) is 4.23. The van der Waals surface area contributed by atoms with Gasteiger partial charge in [-0.15, -0.1) is 5.10 Å². The molecule has 0 bridgehead atoms. The van der Waals surface area contributed by atoms with Crippen LogP contribution in [0.1, 0.15) is 28.9 Å². The van der Waals surface area contributed by atoms with E-state index in [0.29, 0.717) is 30.2 Å². The lowest BCUT2D eigenvalue weighted by Gasteiger charge is -2.20. The number of nitrogens with one attached hydrogen (secondary N) is 3. The third kappa shape index (κ3) is 4.13. The second kappa shape index (κ2) is 8.54. The molecule has 2 heterocycles. The first kappa shape index (κ1) is 19.4. The van der Waals surface area contributed by atoms with Crippen LogP contribution in [0.25, 0.3) is 0 Å². The summed E-state index contributed by atoms with van der Waals surface area (Å²) in [6, 6.07) is 4.55. The molecule has 0 spiro atoms. The van der Waals surface area contributed by atoms with Crippen molar-refractivity contribution in [3.63, 3.8) is 0 Å². The molecule has 3 rings (SSSR count). The minimum atomic E-state index is -0.854. The summed E-state index contributed by atoms with van der Waals surface area (Å²) in [7, 11) is 3.46. The van der Waals surface area contributed by atoms with Gasteiger partial charge in [0.2, 0.25) is 5.82 Å². The maximum Gasteiger partial charge on any atom is 0.291 e. The lowest BCUT2D eigenvalue weighted by Crippen LogP contribution is -2.49. The average molecular weight is 382 g/mol. The van der Waals surface area contributed by atoms with Gasteiger partial charge in [0.25, 0.3) is 11.8 Å². The van der Waals surface area contributed by atoms with Crippen molar-refractivity contribution in [1.29, 1.82) is 0 Å². The molecular weight excluding hydrogens is 360 g/mol. The molecule has 2 amide bonds. The van der Waals surface area contributed by atoms with Gasteiger partial charge in [-0.2, -0.15) is 0 Å². The minimum absolute atomic E-state index is 0.00356. The number of hydrogen-bond donors (Lipinski definition) is 3. The topological polar surface area (TPSA) is 112 Å². The van der Waals surface area contributed by atoms with E-state index < -0.39 is 11.9 Å². The predicted octanol–water partition coefficient (Wildman–Crippen LogP) is 0.0918. The average Bonchev–Trinajstić information content (AvgIpc) is 3.16. The van der Waals surface area contributed by atoms with Crippen molar-refractivity contribution in [2.75, 3.05) is 32.1 Å². The number of rotatable bonds is 4. The Morgan fingerprint density at radius 2 is 2.29 bits per heavy atom. The third-order valence-corrected chi connectivity index (χ3v) is 4.23. The first-order valence-electron chi connectivity index (χ1n) is 8.93. The van der Waals surface area contributed by atoms with Gasteiger partial charge >= 0.3 is 0 Å². The van der Waals surface area contributed by atoms with Gasteiger partial charge in [-0.05, 0) is 25.2 Å². The van der Waals surface area contributed by atoms with Gasteiger partial charge in [0.05, 0.1) is 12.2 Å². The monoisotopic (exact) mass is 382 g/mol. The SMILES string of the molecule is CCc1nc(C(=O)N[C@H]2COc3ccc(C#CCNC)cc3N(C)C2=O)n[nH]1. The van der Waals surface area contributed by atoms with Crippen LogP contribution >= 0.6 is 0 Å². The fraction of sp³-hybridized carbons (Fsp3) is 0.368. The number of aryl methyl sites for hydroxylation is 1. The number of likely N-dealkylation sites (N-methyl/N-ethyl adjacent to an activating group) is 1. The van der Waals surface area contributed by atoms with E-state index >= 15 is 0 Å². The van der Waals surface area contributed by atoms with E-state index in [1.807, 2.05) is 20.0 Å². The summed E-state index contributed by atoms with van der Waals surface area (Å²) >= 11 is 0. The van der Waals surface area contributed by atoms with Gasteiger partial charge < -0.3 is 20.3 Å². The van der Waals surface area contributed by atoms with Crippen molar-refractivity contribution in [1.82, 2.24) is 25.8 Å². The maximum absolute atomic E-state index is 12.8. The Bertz CT molecular complexity index is 943. The zero-order valence-electron chi connectivity index (χ0n) is 16.0. The molecule has 28 heavy (non-hydrogen) atoms. The van der Waals surface area contributed by atoms with Gasteiger partial charge in [0.15, 0.2) is 0 Å². The molecule has 1 aromatic heterocycles. The van der Waals surface area contributed by atoms with Crippen LogP contribution in [-0.2, 0) is 11.2 Å². The van der Waals surface area contributed by atoms with Crippen LogP contribution in [0.3, 0.4) is 0 Å². The Labute approximate surface area is 162 Å². The van der Waals surface area contributed by atoms with E-state index in [2.05, 4.69) is 37.7 Å². The van der Waals surface area contributed by atoms with Crippen LogP contribution in [-0.4, -0.2) is 60.3 Å². The van der Waals surface area contributed by atoms with Crippen LogP contribution in [0.5, 0.6) is 5.75 Å². The second-order valence-corrected chi connectivity index (χ2v) is 6.21. The number of fused-ring (bicyclic) bond motifs is 1. The van der Waals surface area contributed by atoms with Gasteiger partial charge in [0, 0.05) is 19.0 Å². The Morgan fingerprint density at radius 3 is 3.00 bits per heavy atom. The minimum Gasteiger partial charge on any atom is -0.489 e. The number of carbonyl (C=O) groups is 2. The van der Waals surface area contributed by atoms with Crippen LogP contribution in [0.15, 0.2) is 18.2 Å². The number of H-pyrrole nitrogens is 1. The van der Waals surface area contributed by atoms with E-state index in [9.17, 15) is 9.59 Å². The number of nitrogens with zero attached hydrogens (tertiary/aromatic N) is 3. The molecule has 1 aliphatic heterocycles. The van der Waals surface area contributed by atoms with E-state index in [1.165, 1.54) is 4.90 Å². The maximum atomic E-state index is 12.8. The molecule has 3 N–H and O–H groups in total. The zero-order valence-corrected chi connectivity index (χ0v) is 16.0. The smallest absolute Gasteiger partial charge is 0.291 e. The highest BCUT2D eigenvalue weighted by Gasteiger charge is 2.31. The van der Waals surface area contributed by atoms with Crippen LogP contribution in [0.2, 0.25) is 0 Å². The Balaban J connectivity index is 1.77. The summed E-state index contributed by atoms with van der Waals surface area (Å²) in [5.41, 5.74) is 1.37. The summed E-state index contributed by atoms with van der Waals surface area (Å²) < 4.78 is 5.76. The van der Waals surface area contributed by atoms with E-state index in [4.69, 9.17) is 4.74 Å². The number of anilines is 1. The highest BCUT2D eigenvalue weighted by atomic mass is 16.5. The largest absolute Gasteiger partial charge is 0.489 e. The molecule has 0 fully saturated rings. The van der Waals surface area contributed by atoms with Crippen molar-refractivity contribution in [2.24, 2.45) is 0 Å². The number of ether oxygens (including phenoxy) is 1. The first-order valence-corrected chi connectivity index (χ1v) is 8.93. The molecule has 9 heteroatoms. The highest BCUT2D eigenvalue weighted by Crippen LogP contribution is 2.31.